The lowest BCUT2D eigenvalue weighted by Crippen LogP contribution is -2.20. The van der Waals surface area contributed by atoms with Crippen LogP contribution >= 0.6 is 15.9 Å². The summed E-state index contributed by atoms with van der Waals surface area (Å²) >= 11 is 3.37. The van der Waals surface area contributed by atoms with Gasteiger partial charge in [-0.25, -0.2) is 4.39 Å². The summed E-state index contributed by atoms with van der Waals surface area (Å²) in [7, 11) is 0. The number of pyridine rings is 1. The highest BCUT2D eigenvalue weighted by molar-refractivity contribution is 9.10. The molecule has 2 aromatic rings. The average Bonchev–Trinajstić information content (AvgIpc) is 2.38. The van der Waals surface area contributed by atoms with Crippen LogP contribution in [0.5, 0.6) is 0 Å². The molecule has 0 aliphatic rings. The van der Waals surface area contributed by atoms with Crippen molar-refractivity contribution < 1.29 is 4.39 Å². The second-order valence-electron chi connectivity index (χ2n) is 3.88. The van der Waals surface area contributed by atoms with Gasteiger partial charge in [0.05, 0.1) is 6.04 Å². The van der Waals surface area contributed by atoms with Crippen molar-refractivity contribution in [2.24, 2.45) is 5.73 Å². The predicted molar refractivity (Wildman–Crippen MR) is 73.8 cm³/mol. The SMILES string of the molecule is NCC(Nc1ccc(F)cc1)c1cncc(Br)c1. The molecule has 1 aromatic heterocycles. The normalized spacial score (nSPS) is 12.2. The molecular formula is C13H13BrFN3. The van der Waals surface area contributed by atoms with E-state index in [1.165, 1.54) is 12.1 Å². The fourth-order valence-electron chi connectivity index (χ4n) is 1.64. The van der Waals surface area contributed by atoms with Crippen molar-refractivity contribution in [3.63, 3.8) is 0 Å². The van der Waals surface area contributed by atoms with Gasteiger partial charge in [0.25, 0.3) is 0 Å². The molecule has 1 heterocycles. The number of benzene rings is 1. The Labute approximate surface area is 113 Å². The lowest BCUT2D eigenvalue weighted by atomic mass is 10.1. The Bertz CT molecular complexity index is 516. The van der Waals surface area contributed by atoms with Crippen LogP contribution in [-0.4, -0.2) is 11.5 Å². The lowest BCUT2D eigenvalue weighted by molar-refractivity contribution is 0.628. The van der Waals surface area contributed by atoms with E-state index in [0.29, 0.717) is 6.54 Å². The van der Waals surface area contributed by atoms with Gasteiger partial charge in [0, 0.05) is 29.1 Å². The second-order valence-corrected chi connectivity index (χ2v) is 4.79. The number of nitrogens with two attached hydrogens (primary N) is 1. The van der Waals surface area contributed by atoms with Crippen molar-refractivity contribution in [2.75, 3.05) is 11.9 Å². The molecule has 1 atom stereocenters. The summed E-state index contributed by atoms with van der Waals surface area (Å²) in [5.74, 6) is -0.256. The van der Waals surface area contributed by atoms with Crippen LogP contribution in [0.25, 0.3) is 0 Å². The number of hydrogen-bond acceptors (Lipinski definition) is 3. The van der Waals surface area contributed by atoms with Crippen molar-refractivity contribution in [1.82, 2.24) is 4.98 Å². The van der Waals surface area contributed by atoms with Crippen LogP contribution in [0.1, 0.15) is 11.6 Å². The smallest absolute Gasteiger partial charge is 0.123 e. The zero-order chi connectivity index (χ0) is 13.0. The Hall–Kier alpha value is -1.46. The van der Waals surface area contributed by atoms with E-state index in [-0.39, 0.29) is 11.9 Å². The lowest BCUT2D eigenvalue weighted by Gasteiger charge is -2.18. The minimum atomic E-state index is -0.256. The summed E-state index contributed by atoms with van der Waals surface area (Å²) in [6, 6.07) is 8.10. The molecule has 1 unspecified atom stereocenters. The summed E-state index contributed by atoms with van der Waals surface area (Å²) < 4.78 is 13.7. The molecule has 0 amide bonds. The molecule has 0 bridgehead atoms. The first kappa shape index (κ1) is 13.0. The maximum absolute atomic E-state index is 12.8. The molecule has 0 spiro atoms. The van der Waals surface area contributed by atoms with Crippen LogP contribution in [-0.2, 0) is 0 Å². The average molecular weight is 310 g/mol. The van der Waals surface area contributed by atoms with E-state index in [2.05, 4.69) is 26.2 Å². The molecule has 2 rings (SSSR count). The number of nitrogens with zero attached hydrogens (tertiary/aromatic N) is 1. The van der Waals surface area contributed by atoms with Crippen molar-refractivity contribution >= 4 is 21.6 Å². The maximum Gasteiger partial charge on any atom is 0.123 e. The molecule has 0 saturated carbocycles. The first-order chi connectivity index (χ1) is 8.69. The number of rotatable bonds is 4. The van der Waals surface area contributed by atoms with E-state index in [0.717, 1.165) is 15.7 Å². The van der Waals surface area contributed by atoms with Crippen LogP contribution in [0.2, 0.25) is 0 Å². The van der Waals surface area contributed by atoms with Gasteiger partial charge in [-0.1, -0.05) is 0 Å². The van der Waals surface area contributed by atoms with Gasteiger partial charge in [-0.3, -0.25) is 4.98 Å². The van der Waals surface area contributed by atoms with Gasteiger partial charge >= 0.3 is 0 Å². The molecule has 94 valence electrons. The van der Waals surface area contributed by atoms with Crippen LogP contribution in [0.3, 0.4) is 0 Å². The van der Waals surface area contributed by atoms with E-state index < -0.39 is 0 Å². The van der Waals surface area contributed by atoms with Crippen molar-refractivity contribution in [3.05, 3.63) is 58.6 Å². The van der Waals surface area contributed by atoms with Crippen LogP contribution < -0.4 is 11.1 Å². The molecule has 5 heteroatoms. The van der Waals surface area contributed by atoms with E-state index >= 15 is 0 Å². The highest BCUT2D eigenvalue weighted by atomic mass is 79.9. The number of halogens is 2. The first-order valence-electron chi connectivity index (χ1n) is 5.51. The highest BCUT2D eigenvalue weighted by Gasteiger charge is 2.10. The largest absolute Gasteiger partial charge is 0.377 e. The van der Waals surface area contributed by atoms with E-state index in [4.69, 9.17) is 5.73 Å². The fourth-order valence-corrected chi connectivity index (χ4v) is 2.03. The third-order valence-corrected chi connectivity index (χ3v) is 2.98. The highest BCUT2D eigenvalue weighted by Crippen LogP contribution is 2.20. The first-order valence-corrected chi connectivity index (χ1v) is 6.31. The summed E-state index contributed by atoms with van der Waals surface area (Å²) in [5.41, 5.74) is 7.56. The standard InChI is InChI=1S/C13H13BrFN3/c14-10-5-9(7-17-8-10)13(6-16)18-12-3-1-11(15)2-4-12/h1-5,7-8,13,18H,6,16H2. The number of aromatic nitrogens is 1. The monoisotopic (exact) mass is 309 g/mol. The molecule has 0 radical (unpaired) electrons. The molecule has 3 nitrogen and oxygen atoms in total. The second kappa shape index (κ2) is 5.93. The zero-order valence-electron chi connectivity index (χ0n) is 9.61. The van der Waals surface area contributed by atoms with Gasteiger partial charge in [-0.15, -0.1) is 0 Å². The number of hydrogen-bond donors (Lipinski definition) is 2. The maximum atomic E-state index is 12.8. The number of anilines is 1. The Morgan fingerprint density at radius 2 is 2.00 bits per heavy atom. The molecule has 0 aliphatic heterocycles. The van der Waals surface area contributed by atoms with E-state index in [1.54, 1.807) is 24.5 Å². The van der Waals surface area contributed by atoms with Crippen LogP contribution in [0, 0.1) is 5.82 Å². The summed E-state index contributed by atoms with van der Waals surface area (Å²) in [4.78, 5) is 4.11. The van der Waals surface area contributed by atoms with Crippen molar-refractivity contribution in [3.8, 4) is 0 Å². The van der Waals surface area contributed by atoms with Crippen LogP contribution in [0.4, 0.5) is 10.1 Å². The Kier molecular flexibility index (Phi) is 4.28. The molecule has 0 aliphatic carbocycles. The van der Waals surface area contributed by atoms with Gasteiger partial charge in [0.15, 0.2) is 0 Å². The third-order valence-electron chi connectivity index (χ3n) is 2.55. The molecule has 18 heavy (non-hydrogen) atoms. The summed E-state index contributed by atoms with van der Waals surface area (Å²) in [6.45, 7) is 0.426. The quantitative estimate of drug-likeness (QED) is 0.912. The minimum absolute atomic E-state index is 0.0551. The van der Waals surface area contributed by atoms with Gasteiger partial charge in [0.2, 0.25) is 0 Å². The van der Waals surface area contributed by atoms with E-state index in [9.17, 15) is 4.39 Å². The molecule has 0 fully saturated rings. The minimum Gasteiger partial charge on any atom is -0.377 e. The number of nitrogens with one attached hydrogen (secondary N) is 1. The van der Waals surface area contributed by atoms with E-state index in [1.807, 2.05) is 6.07 Å². The molecule has 0 saturated heterocycles. The van der Waals surface area contributed by atoms with Gasteiger partial charge in [-0.2, -0.15) is 0 Å². The fraction of sp³-hybridized carbons (Fsp3) is 0.154. The summed E-state index contributed by atoms with van der Waals surface area (Å²) in [5, 5.41) is 3.25. The third kappa shape index (κ3) is 3.27. The topological polar surface area (TPSA) is 50.9 Å². The van der Waals surface area contributed by atoms with Crippen LogP contribution in [0.15, 0.2) is 47.2 Å². The Balaban J connectivity index is 2.17. The Morgan fingerprint density at radius 3 is 2.61 bits per heavy atom. The van der Waals surface area contributed by atoms with Crippen molar-refractivity contribution in [1.29, 1.82) is 0 Å². The Morgan fingerprint density at radius 1 is 1.28 bits per heavy atom. The van der Waals surface area contributed by atoms with Gasteiger partial charge < -0.3 is 11.1 Å². The molecule has 3 N–H and O–H groups in total. The van der Waals surface area contributed by atoms with Gasteiger partial charge in [0.1, 0.15) is 5.82 Å². The van der Waals surface area contributed by atoms with Crippen molar-refractivity contribution in [2.45, 2.75) is 6.04 Å². The molecule has 1 aromatic carbocycles. The predicted octanol–water partition coefficient (Wildman–Crippen LogP) is 3.10. The summed E-state index contributed by atoms with van der Waals surface area (Å²) in [6.07, 6.45) is 3.48. The zero-order valence-corrected chi connectivity index (χ0v) is 11.2. The van der Waals surface area contributed by atoms with Gasteiger partial charge in [-0.05, 0) is 51.8 Å². The molecular weight excluding hydrogens is 297 g/mol.